The van der Waals surface area contributed by atoms with Gasteiger partial charge in [0.1, 0.15) is 0 Å². The van der Waals surface area contributed by atoms with E-state index in [1.807, 2.05) is 0 Å². The maximum absolute atomic E-state index is 3.60. The minimum absolute atomic E-state index is 0.800. The first kappa shape index (κ1) is 11.4. The van der Waals surface area contributed by atoms with Crippen LogP contribution in [0.4, 0.5) is 0 Å². The van der Waals surface area contributed by atoms with Crippen molar-refractivity contribution in [1.29, 1.82) is 0 Å². The van der Waals surface area contributed by atoms with E-state index in [-0.39, 0.29) is 0 Å². The minimum atomic E-state index is 0.800. The monoisotopic (exact) mass is 201 g/mol. The fourth-order valence-electron chi connectivity index (χ4n) is 1.94. The summed E-state index contributed by atoms with van der Waals surface area (Å²) in [7, 11) is 0. The summed E-state index contributed by atoms with van der Waals surface area (Å²) in [6.07, 6.45) is 4.24. The summed E-state index contributed by atoms with van der Waals surface area (Å²) in [4.78, 5) is 0. The number of hydrogen-bond donors (Lipinski definition) is 1. The van der Waals surface area contributed by atoms with Gasteiger partial charge >= 0.3 is 0 Å². The Morgan fingerprint density at radius 2 is 2.15 bits per heavy atom. The molecule has 1 N–H and O–H groups in total. The summed E-state index contributed by atoms with van der Waals surface area (Å²) in [5.74, 6) is 2.17. The van der Waals surface area contributed by atoms with Crippen molar-refractivity contribution in [3.05, 3.63) is 0 Å². The van der Waals surface area contributed by atoms with Gasteiger partial charge in [0.25, 0.3) is 0 Å². The Morgan fingerprint density at radius 1 is 1.38 bits per heavy atom. The van der Waals surface area contributed by atoms with E-state index in [1.165, 1.54) is 25.0 Å². The Hall–Kier alpha value is 0.310. The molecule has 1 rings (SSSR count). The Labute approximate surface area is 87.1 Å². The third kappa shape index (κ3) is 3.90. The molecule has 1 nitrogen and oxygen atoms in total. The van der Waals surface area contributed by atoms with Gasteiger partial charge in [0, 0.05) is 11.3 Å². The Bertz CT molecular complexity index is 136. The molecule has 2 unspecified atom stereocenters. The van der Waals surface area contributed by atoms with Crippen LogP contribution in [0.2, 0.25) is 0 Å². The van der Waals surface area contributed by atoms with E-state index >= 15 is 0 Å². The molecular weight excluding hydrogens is 178 g/mol. The van der Waals surface area contributed by atoms with Crippen LogP contribution in [-0.2, 0) is 0 Å². The topological polar surface area (TPSA) is 12.0 Å². The average molecular weight is 201 g/mol. The molecule has 0 aromatic heterocycles. The molecule has 1 aliphatic rings. The van der Waals surface area contributed by atoms with Gasteiger partial charge in [-0.3, -0.25) is 0 Å². The van der Waals surface area contributed by atoms with Crippen LogP contribution in [0.5, 0.6) is 0 Å². The van der Waals surface area contributed by atoms with E-state index in [0.717, 1.165) is 23.8 Å². The van der Waals surface area contributed by atoms with Crippen molar-refractivity contribution in [2.75, 3.05) is 12.3 Å². The summed E-state index contributed by atoms with van der Waals surface area (Å²) in [5, 5.41) is 4.49. The third-order valence-electron chi connectivity index (χ3n) is 2.56. The highest BCUT2D eigenvalue weighted by Crippen LogP contribution is 2.30. The molecule has 78 valence electrons. The lowest BCUT2D eigenvalue weighted by Crippen LogP contribution is -2.34. The molecular formula is C11H23NS. The van der Waals surface area contributed by atoms with E-state index in [0.29, 0.717) is 0 Å². The normalized spacial score (nSPS) is 28.6. The van der Waals surface area contributed by atoms with Crippen molar-refractivity contribution in [1.82, 2.24) is 5.32 Å². The predicted octanol–water partition coefficient (Wildman–Crippen LogP) is 2.91. The Balaban J connectivity index is 2.22. The highest BCUT2D eigenvalue weighted by atomic mass is 32.2. The van der Waals surface area contributed by atoms with Crippen LogP contribution < -0.4 is 5.32 Å². The lowest BCUT2D eigenvalue weighted by Gasteiger charge is -2.20. The molecule has 1 saturated carbocycles. The fraction of sp³-hybridized carbons (Fsp3) is 1.00. The predicted molar refractivity (Wildman–Crippen MR) is 62.4 cm³/mol. The number of thioether (sulfide) groups is 1. The first-order valence-corrected chi connectivity index (χ1v) is 6.64. The summed E-state index contributed by atoms with van der Waals surface area (Å²) in [6.45, 7) is 7.96. The zero-order valence-electron chi connectivity index (χ0n) is 9.18. The van der Waals surface area contributed by atoms with E-state index in [4.69, 9.17) is 0 Å². The molecule has 0 aliphatic heterocycles. The smallest absolute Gasteiger partial charge is 0.0201 e. The lowest BCUT2D eigenvalue weighted by molar-refractivity contribution is 0.550. The molecule has 0 aromatic rings. The maximum Gasteiger partial charge on any atom is 0.0201 e. The van der Waals surface area contributed by atoms with Crippen LogP contribution in [0.25, 0.3) is 0 Å². The number of hydrogen-bond acceptors (Lipinski definition) is 2. The zero-order chi connectivity index (χ0) is 9.68. The van der Waals surface area contributed by atoms with Crippen LogP contribution >= 0.6 is 11.8 Å². The van der Waals surface area contributed by atoms with Crippen LogP contribution in [-0.4, -0.2) is 23.6 Å². The molecule has 0 saturated heterocycles. The second kappa shape index (κ2) is 5.92. The van der Waals surface area contributed by atoms with Gasteiger partial charge in [-0.25, -0.2) is 0 Å². The van der Waals surface area contributed by atoms with E-state index in [9.17, 15) is 0 Å². The molecule has 0 spiro atoms. The Kier molecular flexibility index (Phi) is 5.18. The lowest BCUT2D eigenvalue weighted by atomic mass is 10.2. The number of rotatable bonds is 5. The quantitative estimate of drug-likeness (QED) is 0.734. The fourth-order valence-corrected chi connectivity index (χ4v) is 3.37. The second-order valence-corrected chi connectivity index (χ2v) is 5.63. The van der Waals surface area contributed by atoms with Crippen LogP contribution in [0.3, 0.4) is 0 Å². The summed E-state index contributed by atoms with van der Waals surface area (Å²) in [6, 6.07) is 0.800. The van der Waals surface area contributed by atoms with Gasteiger partial charge in [-0.15, -0.1) is 0 Å². The number of nitrogens with one attached hydrogen (secondary N) is 1. The minimum Gasteiger partial charge on any atom is -0.313 e. The second-order valence-electron chi connectivity index (χ2n) is 4.36. The first-order chi connectivity index (χ1) is 6.24. The van der Waals surface area contributed by atoms with Gasteiger partial charge in [0.2, 0.25) is 0 Å². The highest BCUT2D eigenvalue weighted by molar-refractivity contribution is 7.99. The molecule has 2 heteroatoms. The first-order valence-electron chi connectivity index (χ1n) is 5.59. The average Bonchev–Trinajstić information content (AvgIpc) is 2.49. The molecule has 0 aromatic carbocycles. The molecule has 0 bridgehead atoms. The van der Waals surface area contributed by atoms with Gasteiger partial charge in [-0.05, 0) is 31.1 Å². The van der Waals surface area contributed by atoms with Crippen LogP contribution in [0.15, 0.2) is 0 Å². The van der Waals surface area contributed by atoms with E-state index < -0.39 is 0 Å². The van der Waals surface area contributed by atoms with Crippen LogP contribution in [0, 0.1) is 5.92 Å². The van der Waals surface area contributed by atoms with Crippen molar-refractivity contribution in [2.24, 2.45) is 5.92 Å². The zero-order valence-corrected chi connectivity index (χ0v) is 9.99. The summed E-state index contributed by atoms with van der Waals surface area (Å²) < 4.78 is 0. The van der Waals surface area contributed by atoms with Crippen molar-refractivity contribution >= 4 is 11.8 Å². The van der Waals surface area contributed by atoms with Gasteiger partial charge in [0.05, 0.1) is 0 Å². The van der Waals surface area contributed by atoms with Gasteiger partial charge in [-0.1, -0.05) is 27.2 Å². The molecule has 0 amide bonds. The standard InChI is InChI=1S/C11H23NS/c1-4-12-10-6-5-7-11(10)13-8-9(2)3/h9-12H,4-8H2,1-3H3. The molecule has 13 heavy (non-hydrogen) atoms. The van der Waals surface area contributed by atoms with Crippen molar-refractivity contribution < 1.29 is 0 Å². The molecule has 0 radical (unpaired) electrons. The van der Waals surface area contributed by atoms with E-state index in [1.54, 1.807) is 0 Å². The van der Waals surface area contributed by atoms with Crippen molar-refractivity contribution in [3.8, 4) is 0 Å². The van der Waals surface area contributed by atoms with Gasteiger partial charge in [0.15, 0.2) is 0 Å². The molecule has 2 atom stereocenters. The Morgan fingerprint density at radius 3 is 2.77 bits per heavy atom. The summed E-state index contributed by atoms with van der Waals surface area (Å²) >= 11 is 2.18. The van der Waals surface area contributed by atoms with Gasteiger partial charge < -0.3 is 5.32 Å². The maximum atomic E-state index is 3.60. The largest absolute Gasteiger partial charge is 0.313 e. The highest BCUT2D eigenvalue weighted by Gasteiger charge is 2.26. The van der Waals surface area contributed by atoms with E-state index in [2.05, 4.69) is 37.8 Å². The molecule has 1 aliphatic carbocycles. The SMILES string of the molecule is CCNC1CCCC1SCC(C)C. The van der Waals surface area contributed by atoms with Gasteiger partial charge in [-0.2, -0.15) is 11.8 Å². The third-order valence-corrected chi connectivity index (χ3v) is 4.41. The molecule has 1 fully saturated rings. The summed E-state index contributed by atoms with van der Waals surface area (Å²) in [5.41, 5.74) is 0. The van der Waals surface area contributed by atoms with Crippen molar-refractivity contribution in [3.63, 3.8) is 0 Å². The molecule has 0 heterocycles. The van der Waals surface area contributed by atoms with Crippen LogP contribution in [0.1, 0.15) is 40.0 Å². The van der Waals surface area contributed by atoms with Crippen molar-refractivity contribution in [2.45, 2.75) is 51.3 Å².